The van der Waals surface area contributed by atoms with Crippen molar-refractivity contribution in [2.75, 3.05) is 26.8 Å². The van der Waals surface area contributed by atoms with Crippen LogP contribution < -0.4 is 5.32 Å². The largest absolute Gasteiger partial charge is 0.494 e. The number of nitrogens with one attached hydrogen (secondary N) is 1. The van der Waals surface area contributed by atoms with E-state index in [2.05, 4.69) is 10.3 Å². The molecule has 0 spiro atoms. The third-order valence-corrected chi connectivity index (χ3v) is 2.15. The molecule has 86 valence electrons. The summed E-state index contributed by atoms with van der Waals surface area (Å²) in [4.78, 5) is 27.9. The van der Waals surface area contributed by atoms with Crippen molar-refractivity contribution in [2.45, 2.75) is 0 Å². The number of guanidine groups is 1. The molecule has 0 aromatic heterocycles. The van der Waals surface area contributed by atoms with Gasteiger partial charge in [0.1, 0.15) is 26.0 Å². The lowest BCUT2D eigenvalue weighted by Crippen LogP contribution is -2.42. The van der Waals surface area contributed by atoms with Gasteiger partial charge in [-0.25, -0.2) is 4.99 Å². The lowest BCUT2D eigenvalue weighted by molar-refractivity contribution is -0.124. The fraction of sp³-hybridized carbons (Fsp3) is 0.444. The Bertz CT molecular complexity index is 388. The van der Waals surface area contributed by atoms with Gasteiger partial charge >= 0.3 is 0 Å². The molecule has 2 aliphatic heterocycles. The summed E-state index contributed by atoms with van der Waals surface area (Å²) in [5.41, 5.74) is 0. The van der Waals surface area contributed by atoms with Crippen LogP contribution in [0.3, 0.4) is 0 Å². The van der Waals surface area contributed by atoms with E-state index in [4.69, 9.17) is 9.47 Å². The van der Waals surface area contributed by atoms with Gasteiger partial charge in [0.2, 0.25) is 11.7 Å². The number of hydrogen-bond acceptors (Lipinski definition) is 5. The lowest BCUT2D eigenvalue weighted by atomic mass is 10.4. The van der Waals surface area contributed by atoms with Gasteiger partial charge in [0, 0.05) is 7.05 Å². The van der Waals surface area contributed by atoms with Crippen molar-refractivity contribution in [3.8, 4) is 0 Å². The number of nitrogens with zero attached hydrogens (tertiary/aromatic N) is 2. The number of aliphatic imine (C=N–C) groups is 1. The monoisotopic (exact) mass is 225 g/mol. The molecule has 2 amide bonds. The summed E-state index contributed by atoms with van der Waals surface area (Å²) < 4.78 is 10.0. The molecule has 0 aromatic rings. The van der Waals surface area contributed by atoms with Crippen LogP contribution in [-0.4, -0.2) is 49.5 Å². The molecular weight excluding hydrogens is 214 g/mol. The number of ether oxygens (including phenoxy) is 2. The molecule has 0 aromatic carbocycles. The van der Waals surface area contributed by atoms with Gasteiger partial charge in [-0.05, 0) is 0 Å². The molecule has 0 unspecified atom stereocenters. The Morgan fingerprint density at radius 2 is 2.38 bits per heavy atom. The minimum atomic E-state index is -0.472. The zero-order valence-corrected chi connectivity index (χ0v) is 8.73. The molecule has 2 heterocycles. The summed E-state index contributed by atoms with van der Waals surface area (Å²) in [6.07, 6.45) is 1.25. The van der Waals surface area contributed by atoms with Crippen LogP contribution in [-0.2, 0) is 19.1 Å². The van der Waals surface area contributed by atoms with E-state index in [0.717, 1.165) is 0 Å². The van der Waals surface area contributed by atoms with Crippen LogP contribution in [0, 0.1) is 0 Å². The van der Waals surface area contributed by atoms with Gasteiger partial charge in [-0.3, -0.25) is 19.8 Å². The maximum Gasteiger partial charge on any atom is 0.296 e. The molecule has 2 rings (SSSR count). The minimum absolute atomic E-state index is 0.0581. The Morgan fingerprint density at radius 3 is 2.94 bits per heavy atom. The van der Waals surface area contributed by atoms with Crippen LogP contribution in [0.1, 0.15) is 0 Å². The van der Waals surface area contributed by atoms with Crippen molar-refractivity contribution < 1.29 is 19.1 Å². The molecule has 16 heavy (non-hydrogen) atoms. The average molecular weight is 225 g/mol. The molecule has 0 radical (unpaired) electrons. The SMILES string of the molecule is CN1C(=O)CN=C1NC(=O)C1=COCCO1. The Hall–Kier alpha value is -2.05. The fourth-order valence-electron chi connectivity index (χ4n) is 1.25. The minimum Gasteiger partial charge on any atom is -0.494 e. The van der Waals surface area contributed by atoms with E-state index in [1.807, 2.05) is 0 Å². The average Bonchev–Trinajstić information content (AvgIpc) is 2.62. The number of carbonyl (C=O) groups is 2. The maximum absolute atomic E-state index is 11.6. The number of hydrogen-bond donors (Lipinski definition) is 1. The van der Waals surface area contributed by atoms with E-state index in [-0.39, 0.29) is 24.2 Å². The van der Waals surface area contributed by atoms with Crippen molar-refractivity contribution in [3.05, 3.63) is 12.0 Å². The van der Waals surface area contributed by atoms with Crippen molar-refractivity contribution in [2.24, 2.45) is 4.99 Å². The number of carbonyl (C=O) groups excluding carboxylic acids is 2. The van der Waals surface area contributed by atoms with Gasteiger partial charge in [-0.15, -0.1) is 0 Å². The summed E-state index contributed by atoms with van der Waals surface area (Å²) in [5.74, 6) is -0.322. The predicted octanol–water partition coefficient (Wildman–Crippen LogP) is -1.18. The Kier molecular flexibility index (Phi) is 2.76. The quantitative estimate of drug-likeness (QED) is 0.609. The molecule has 0 aliphatic carbocycles. The van der Waals surface area contributed by atoms with Crippen LogP contribution in [0.25, 0.3) is 0 Å². The zero-order valence-electron chi connectivity index (χ0n) is 8.73. The summed E-state index contributed by atoms with van der Waals surface area (Å²) in [5, 5.41) is 2.47. The van der Waals surface area contributed by atoms with E-state index < -0.39 is 5.91 Å². The van der Waals surface area contributed by atoms with Crippen molar-refractivity contribution in [1.82, 2.24) is 10.2 Å². The summed E-state index contributed by atoms with van der Waals surface area (Å²) in [6, 6.07) is 0. The highest BCUT2D eigenvalue weighted by Crippen LogP contribution is 2.05. The van der Waals surface area contributed by atoms with Crippen molar-refractivity contribution in [3.63, 3.8) is 0 Å². The van der Waals surface area contributed by atoms with E-state index >= 15 is 0 Å². The Labute approximate surface area is 91.7 Å². The smallest absolute Gasteiger partial charge is 0.296 e. The fourth-order valence-corrected chi connectivity index (χ4v) is 1.25. The van der Waals surface area contributed by atoms with Crippen molar-refractivity contribution >= 4 is 17.8 Å². The second kappa shape index (κ2) is 4.21. The zero-order chi connectivity index (χ0) is 11.5. The summed E-state index contributed by atoms with van der Waals surface area (Å²) in [6.45, 7) is 0.819. The van der Waals surface area contributed by atoms with Gasteiger partial charge in [0.25, 0.3) is 11.8 Å². The van der Waals surface area contributed by atoms with Gasteiger partial charge in [0.15, 0.2) is 0 Å². The first-order chi connectivity index (χ1) is 7.68. The van der Waals surface area contributed by atoms with Gasteiger partial charge in [-0.1, -0.05) is 0 Å². The van der Waals surface area contributed by atoms with E-state index in [0.29, 0.717) is 13.2 Å². The van der Waals surface area contributed by atoms with E-state index in [1.165, 1.54) is 11.2 Å². The van der Waals surface area contributed by atoms with E-state index in [1.54, 1.807) is 7.05 Å². The number of amides is 2. The molecule has 0 saturated carbocycles. The molecule has 0 fully saturated rings. The first-order valence-corrected chi connectivity index (χ1v) is 4.75. The number of likely N-dealkylation sites (N-methyl/N-ethyl adjacent to an activating group) is 1. The van der Waals surface area contributed by atoms with Crippen LogP contribution >= 0.6 is 0 Å². The van der Waals surface area contributed by atoms with Crippen LogP contribution in [0.2, 0.25) is 0 Å². The predicted molar refractivity (Wildman–Crippen MR) is 53.2 cm³/mol. The molecule has 7 nitrogen and oxygen atoms in total. The second-order valence-corrected chi connectivity index (χ2v) is 3.25. The first kappa shape index (κ1) is 10.5. The highest BCUT2D eigenvalue weighted by atomic mass is 16.6. The summed E-state index contributed by atoms with van der Waals surface area (Å²) in [7, 11) is 1.54. The third kappa shape index (κ3) is 1.97. The van der Waals surface area contributed by atoms with Gasteiger partial charge in [-0.2, -0.15) is 0 Å². The third-order valence-electron chi connectivity index (χ3n) is 2.15. The molecule has 2 aliphatic rings. The molecular formula is C9H11N3O4. The van der Waals surface area contributed by atoms with Crippen LogP contribution in [0.5, 0.6) is 0 Å². The highest BCUT2D eigenvalue weighted by molar-refractivity contribution is 6.11. The first-order valence-electron chi connectivity index (χ1n) is 4.75. The molecule has 0 bridgehead atoms. The Balaban J connectivity index is 1.97. The number of rotatable bonds is 1. The van der Waals surface area contributed by atoms with E-state index in [9.17, 15) is 9.59 Å². The van der Waals surface area contributed by atoms with Crippen molar-refractivity contribution in [1.29, 1.82) is 0 Å². The van der Waals surface area contributed by atoms with Gasteiger partial charge < -0.3 is 9.47 Å². The van der Waals surface area contributed by atoms with Gasteiger partial charge in [0.05, 0.1) is 0 Å². The molecule has 1 N–H and O–H groups in total. The highest BCUT2D eigenvalue weighted by Gasteiger charge is 2.25. The van der Waals surface area contributed by atoms with Crippen LogP contribution in [0.15, 0.2) is 17.0 Å². The maximum atomic E-state index is 11.6. The second-order valence-electron chi connectivity index (χ2n) is 3.25. The normalized spacial score (nSPS) is 19.6. The molecule has 0 saturated heterocycles. The van der Waals surface area contributed by atoms with Crippen LogP contribution in [0.4, 0.5) is 0 Å². The molecule has 7 heteroatoms. The Morgan fingerprint density at radius 1 is 1.56 bits per heavy atom. The topological polar surface area (TPSA) is 80.2 Å². The lowest BCUT2D eigenvalue weighted by Gasteiger charge is -2.17. The molecule has 0 atom stereocenters. The summed E-state index contributed by atoms with van der Waals surface area (Å²) >= 11 is 0. The standard InChI is InChI=1S/C9H11N3O4/c1-12-7(13)4-10-9(12)11-8(14)6-5-15-2-3-16-6/h5H,2-4H2,1H3,(H,10,11,14).